The molecule has 124 valence electrons. The van der Waals surface area contributed by atoms with Gasteiger partial charge in [-0.15, -0.1) is 12.4 Å². The van der Waals surface area contributed by atoms with Crippen LogP contribution in [0.25, 0.3) is 32.3 Å². The lowest BCUT2D eigenvalue weighted by Gasteiger charge is -2.18. The van der Waals surface area contributed by atoms with Crippen molar-refractivity contribution < 1.29 is 0 Å². The minimum absolute atomic E-state index is 0. The van der Waals surface area contributed by atoms with E-state index < -0.39 is 0 Å². The summed E-state index contributed by atoms with van der Waals surface area (Å²) in [7, 11) is 0. The second-order valence-corrected chi connectivity index (χ2v) is 7.09. The van der Waals surface area contributed by atoms with Gasteiger partial charge in [0.15, 0.2) is 0 Å². The van der Waals surface area contributed by atoms with Crippen molar-refractivity contribution in [3.05, 3.63) is 60.2 Å². The van der Waals surface area contributed by atoms with Crippen LogP contribution in [0.5, 0.6) is 0 Å². The molecule has 0 spiro atoms. The molecule has 0 heterocycles. The zero-order chi connectivity index (χ0) is 16.0. The third kappa shape index (κ3) is 2.72. The van der Waals surface area contributed by atoms with E-state index in [4.69, 9.17) is 5.73 Å². The number of rotatable bonds is 4. The van der Waals surface area contributed by atoms with E-state index in [2.05, 4.69) is 68.4 Å². The van der Waals surface area contributed by atoms with Gasteiger partial charge in [0.05, 0.1) is 0 Å². The molecule has 24 heavy (non-hydrogen) atoms. The van der Waals surface area contributed by atoms with Gasteiger partial charge >= 0.3 is 0 Å². The molecule has 4 aromatic rings. The van der Waals surface area contributed by atoms with E-state index in [0.29, 0.717) is 5.92 Å². The summed E-state index contributed by atoms with van der Waals surface area (Å²) in [5.74, 6) is 0.695. The van der Waals surface area contributed by atoms with E-state index in [-0.39, 0.29) is 18.4 Å². The fourth-order valence-electron chi connectivity index (χ4n) is 3.75. The van der Waals surface area contributed by atoms with Crippen LogP contribution in [-0.4, -0.2) is 0 Å². The van der Waals surface area contributed by atoms with Crippen molar-refractivity contribution in [2.45, 2.75) is 32.7 Å². The zero-order valence-corrected chi connectivity index (χ0v) is 15.1. The van der Waals surface area contributed by atoms with Crippen LogP contribution in [0.15, 0.2) is 54.6 Å². The number of hydrogen-bond donors (Lipinski definition) is 1. The molecule has 0 aliphatic rings. The fraction of sp³-hybridized carbons (Fsp3) is 0.273. The van der Waals surface area contributed by atoms with Crippen LogP contribution >= 0.6 is 12.4 Å². The highest BCUT2D eigenvalue weighted by molar-refractivity contribution is 6.23. The molecule has 4 aromatic carbocycles. The maximum absolute atomic E-state index is 6.54. The second kappa shape index (κ2) is 6.58. The first-order valence-electron chi connectivity index (χ1n) is 8.57. The Hall–Kier alpha value is -1.83. The van der Waals surface area contributed by atoms with Crippen molar-refractivity contribution in [3.63, 3.8) is 0 Å². The van der Waals surface area contributed by atoms with Crippen molar-refractivity contribution in [1.29, 1.82) is 0 Å². The van der Waals surface area contributed by atoms with Gasteiger partial charge in [-0.1, -0.05) is 68.4 Å². The normalized spacial score (nSPS) is 13.0. The molecule has 0 saturated carbocycles. The van der Waals surface area contributed by atoms with E-state index in [9.17, 15) is 0 Å². The maximum Gasteiger partial charge on any atom is 0.0301 e. The molecule has 0 aromatic heterocycles. The van der Waals surface area contributed by atoms with Crippen LogP contribution in [0.3, 0.4) is 0 Å². The third-order valence-corrected chi connectivity index (χ3v) is 5.02. The Balaban J connectivity index is 0.00000169. The average Bonchev–Trinajstić information content (AvgIpc) is 2.57. The Labute approximate surface area is 149 Å². The predicted molar refractivity (Wildman–Crippen MR) is 108 cm³/mol. The highest BCUT2D eigenvalue weighted by Crippen LogP contribution is 2.37. The monoisotopic (exact) mass is 337 g/mol. The van der Waals surface area contributed by atoms with Gasteiger partial charge in [-0.3, -0.25) is 0 Å². The topological polar surface area (TPSA) is 26.0 Å². The largest absolute Gasteiger partial charge is 0.324 e. The van der Waals surface area contributed by atoms with Gasteiger partial charge in [-0.2, -0.15) is 0 Å². The van der Waals surface area contributed by atoms with E-state index in [1.54, 1.807) is 0 Å². The Morgan fingerprint density at radius 2 is 1.33 bits per heavy atom. The molecule has 0 saturated heterocycles. The lowest BCUT2D eigenvalue weighted by Crippen LogP contribution is -2.11. The first kappa shape index (κ1) is 17.0. The maximum atomic E-state index is 6.54. The Bertz CT molecular complexity index is 958. The van der Waals surface area contributed by atoms with Gasteiger partial charge in [0.1, 0.15) is 0 Å². The molecular weight excluding hydrogens is 314 g/mol. The van der Waals surface area contributed by atoms with Crippen molar-refractivity contribution in [3.8, 4) is 0 Å². The van der Waals surface area contributed by atoms with Gasteiger partial charge in [0, 0.05) is 6.04 Å². The van der Waals surface area contributed by atoms with Gasteiger partial charge in [-0.25, -0.2) is 0 Å². The molecule has 0 aliphatic heterocycles. The van der Waals surface area contributed by atoms with Crippen LogP contribution < -0.4 is 5.73 Å². The Morgan fingerprint density at radius 1 is 0.750 bits per heavy atom. The van der Waals surface area contributed by atoms with E-state index >= 15 is 0 Å². The zero-order valence-electron chi connectivity index (χ0n) is 14.3. The number of halogens is 1. The van der Waals surface area contributed by atoms with Crippen molar-refractivity contribution in [2.24, 2.45) is 11.7 Å². The minimum Gasteiger partial charge on any atom is -0.324 e. The first-order valence-corrected chi connectivity index (χ1v) is 8.57. The van der Waals surface area contributed by atoms with Gasteiger partial charge in [-0.05, 0) is 56.6 Å². The molecule has 0 radical (unpaired) electrons. The van der Waals surface area contributed by atoms with Crippen molar-refractivity contribution in [1.82, 2.24) is 0 Å². The molecule has 1 nitrogen and oxygen atoms in total. The fourth-order valence-corrected chi connectivity index (χ4v) is 3.75. The van der Waals surface area contributed by atoms with E-state index in [0.717, 1.165) is 6.42 Å². The summed E-state index contributed by atoms with van der Waals surface area (Å²) in [6.07, 6.45) is 2.21. The van der Waals surface area contributed by atoms with Crippen LogP contribution in [0.1, 0.15) is 38.3 Å². The Morgan fingerprint density at radius 3 is 2.00 bits per heavy atom. The SMILES string of the molecule is CC(C)CC[C@@H](N)c1ccc2ccc3cccc4ccc1c2c34.Cl. The van der Waals surface area contributed by atoms with Crippen LogP contribution in [-0.2, 0) is 0 Å². The van der Waals surface area contributed by atoms with Crippen molar-refractivity contribution in [2.75, 3.05) is 0 Å². The summed E-state index contributed by atoms with van der Waals surface area (Å²) in [5.41, 5.74) is 7.83. The summed E-state index contributed by atoms with van der Waals surface area (Å²) >= 11 is 0. The standard InChI is InChI=1S/C22H23N.ClH/c1-14(2)6-13-20(23)18-11-9-17-8-7-15-4-3-5-16-10-12-19(18)22(17)21(15)16;/h3-5,7-12,14,20H,6,13,23H2,1-2H3;1H/t20-;/m1./s1. The highest BCUT2D eigenvalue weighted by Gasteiger charge is 2.14. The van der Waals surface area contributed by atoms with Gasteiger partial charge in [0.25, 0.3) is 0 Å². The van der Waals surface area contributed by atoms with Gasteiger partial charge < -0.3 is 5.73 Å². The summed E-state index contributed by atoms with van der Waals surface area (Å²) < 4.78 is 0. The number of nitrogens with two attached hydrogens (primary N) is 1. The quantitative estimate of drug-likeness (QED) is 0.426. The van der Waals surface area contributed by atoms with Crippen LogP contribution in [0.2, 0.25) is 0 Å². The molecule has 0 bridgehead atoms. The van der Waals surface area contributed by atoms with E-state index in [1.807, 2.05) is 0 Å². The van der Waals surface area contributed by atoms with Gasteiger partial charge in [0.2, 0.25) is 0 Å². The van der Waals surface area contributed by atoms with Crippen LogP contribution in [0, 0.1) is 5.92 Å². The molecule has 0 fully saturated rings. The summed E-state index contributed by atoms with van der Waals surface area (Å²) in [6, 6.07) is 20.1. The molecule has 4 rings (SSSR count). The third-order valence-electron chi connectivity index (χ3n) is 5.02. The Kier molecular flexibility index (Phi) is 4.67. The smallest absolute Gasteiger partial charge is 0.0301 e. The molecule has 0 unspecified atom stereocenters. The minimum atomic E-state index is 0. The summed E-state index contributed by atoms with van der Waals surface area (Å²) in [4.78, 5) is 0. The van der Waals surface area contributed by atoms with Crippen LogP contribution in [0.4, 0.5) is 0 Å². The molecule has 1 atom stereocenters. The first-order chi connectivity index (χ1) is 11.1. The van der Waals surface area contributed by atoms with E-state index in [1.165, 1.54) is 44.3 Å². The number of benzene rings is 4. The molecule has 0 amide bonds. The highest BCUT2D eigenvalue weighted by atomic mass is 35.5. The molecule has 2 heteroatoms. The lowest BCUT2D eigenvalue weighted by molar-refractivity contribution is 0.508. The van der Waals surface area contributed by atoms with Crippen molar-refractivity contribution >= 4 is 44.7 Å². The summed E-state index contributed by atoms with van der Waals surface area (Å²) in [6.45, 7) is 4.52. The lowest BCUT2D eigenvalue weighted by atomic mass is 9.88. The molecule has 2 N–H and O–H groups in total. The average molecular weight is 338 g/mol. The molecular formula is C22H24ClN. The second-order valence-electron chi connectivity index (χ2n) is 7.09. The molecule has 0 aliphatic carbocycles. The predicted octanol–water partition coefficient (Wildman–Crippen LogP) is 6.44. The summed E-state index contributed by atoms with van der Waals surface area (Å²) in [5, 5.41) is 8.01. The number of hydrogen-bond acceptors (Lipinski definition) is 1.